The maximum absolute atomic E-state index is 5.74. The van der Waals surface area contributed by atoms with Crippen molar-refractivity contribution in [3.05, 3.63) is 53.9 Å². The second-order valence-corrected chi connectivity index (χ2v) is 5.40. The fourth-order valence-corrected chi connectivity index (χ4v) is 2.44. The number of nitrogens with zero attached hydrogens (tertiary/aromatic N) is 3. The third-order valence-electron chi connectivity index (χ3n) is 3.62. The van der Waals surface area contributed by atoms with Crippen LogP contribution >= 0.6 is 12.4 Å². The van der Waals surface area contributed by atoms with Crippen LogP contribution in [0.25, 0.3) is 0 Å². The number of aromatic nitrogens is 2. The third kappa shape index (κ3) is 7.14. The van der Waals surface area contributed by atoms with E-state index < -0.39 is 0 Å². The highest BCUT2D eigenvalue weighted by atomic mass is 35.5. The van der Waals surface area contributed by atoms with Gasteiger partial charge in [0, 0.05) is 45.0 Å². The summed E-state index contributed by atoms with van der Waals surface area (Å²) in [6, 6.07) is 10.6. The van der Waals surface area contributed by atoms with Crippen molar-refractivity contribution < 1.29 is 4.74 Å². The topological polar surface area (TPSA) is 56.3 Å². The van der Waals surface area contributed by atoms with Gasteiger partial charge in [-0.1, -0.05) is 30.3 Å². The first-order chi connectivity index (χ1) is 10.8. The largest absolute Gasteiger partial charge is 0.383 e. The van der Waals surface area contributed by atoms with Crippen molar-refractivity contribution in [3.63, 3.8) is 0 Å². The number of benzene rings is 1. The smallest absolute Gasteiger partial charge is 0.0658 e. The minimum absolute atomic E-state index is 0. The number of nitrogens with two attached hydrogens (primary N) is 1. The SMILES string of the molecule is COCCn1cc(CN(CCN)CCc2ccccc2)cn1.Cl. The van der Waals surface area contributed by atoms with Gasteiger partial charge in [0.25, 0.3) is 0 Å². The number of halogens is 1. The molecule has 5 nitrogen and oxygen atoms in total. The van der Waals surface area contributed by atoms with E-state index in [2.05, 4.69) is 46.5 Å². The molecular weight excluding hydrogens is 312 g/mol. The normalized spacial score (nSPS) is 10.7. The highest BCUT2D eigenvalue weighted by Gasteiger charge is 2.07. The summed E-state index contributed by atoms with van der Waals surface area (Å²) in [7, 11) is 1.71. The van der Waals surface area contributed by atoms with E-state index in [1.54, 1.807) is 7.11 Å². The Morgan fingerprint density at radius 1 is 1.17 bits per heavy atom. The molecule has 0 fully saturated rings. The van der Waals surface area contributed by atoms with E-state index >= 15 is 0 Å². The molecule has 0 atom stereocenters. The zero-order valence-corrected chi connectivity index (χ0v) is 14.5. The summed E-state index contributed by atoms with van der Waals surface area (Å²) in [5.41, 5.74) is 8.33. The minimum Gasteiger partial charge on any atom is -0.383 e. The first kappa shape index (κ1) is 19.6. The number of hydrogen-bond acceptors (Lipinski definition) is 4. The summed E-state index contributed by atoms with van der Waals surface area (Å²) >= 11 is 0. The average molecular weight is 339 g/mol. The molecule has 6 heteroatoms. The summed E-state index contributed by atoms with van der Waals surface area (Å²) in [5, 5.41) is 4.36. The Balaban J connectivity index is 0.00000264. The van der Waals surface area contributed by atoms with Gasteiger partial charge in [-0.15, -0.1) is 12.4 Å². The van der Waals surface area contributed by atoms with Crippen LogP contribution in [0.2, 0.25) is 0 Å². The van der Waals surface area contributed by atoms with Gasteiger partial charge in [0.05, 0.1) is 19.3 Å². The van der Waals surface area contributed by atoms with Crippen molar-refractivity contribution in [1.82, 2.24) is 14.7 Å². The zero-order chi connectivity index (χ0) is 15.6. The lowest BCUT2D eigenvalue weighted by atomic mass is 10.1. The van der Waals surface area contributed by atoms with Gasteiger partial charge in [-0.2, -0.15) is 5.10 Å². The van der Waals surface area contributed by atoms with E-state index in [1.807, 2.05) is 10.9 Å². The van der Waals surface area contributed by atoms with Gasteiger partial charge in [0.15, 0.2) is 0 Å². The molecule has 0 aliphatic carbocycles. The molecule has 23 heavy (non-hydrogen) atoms. The van der Waals surface area contributed by atoms with E-state index in [0.29, 0.717) is 13.2 Å². The predicted molar refractivity (Wildman–Crippen MR) is 95.8 cm³/mol. The Hall–Kier alpha value is -1.40. The molecule has 0 radical (unpaired) electrons. The van der Waals surface area contributed by atoms with Crippen molar-refractivity contribution >= 4 is 12.4 Å². The molecule has 2 rings (SSSR count). The lowest BCUT2D eigenvalue weighted by Gasteiger charge is -2.20. The third-order valence-corrected chi connectivity index (χ3v) is 3.62. The fourth-order valence-electron chi connectivity index (χ4n) is 2.44. The van der Waals surface area contributed by atoms with Crippen LogP contribution < -0.4 is 5.73 Å². The Morgan fingerprint density at radius 3 is 2.65 bits per heavy atom. The van der Waals surface area contributed by atoms with Crippen LogP contribution in [0.5, 0.6) is 0 Å². The summed E-state index contributed by atoms with van der Waals surface area (Å²) in [6.07, 6.45) is 5.06. The summed E-state index contributed by atoms with van der Waals surface area (Å²) in [4.78, 5) is 2.38. The van der Waals surface area contributed by atoms with Crippen LogP contribution in [0.4, 0.5) is 0 Å². The summed E-state index contributed by atoms with van der Waals surface area (Å²) in [6.45, 7) is 4.93. The van der Waals surface area contributed by atoms with E-state index in [1.165, 1.54) is 11.1 Å². The zero-order valence-electron chi connectivity index (χ0n) is 13.7. The van der Waals surface area contributed by atoms with E-state index in [9.17, 15) is 0 Å². The Bertz CT molecular complexity index is 532. The standard InChI is InChI=1S/C17H26N4O.ClH/c1-22-12-11-21-15-17(13-19-21)14-20(10-8-18)9-7-16-5-3-2-4-6-16;/h2-6,13,15H,7-12,14,18H2,1H3;1H. The van der Waals surface area contributed by atoms with Gasteiger partial charge in [-0.05, 0) is 12.0 Å². The van der Waals surface area contributed by atoms with Crippen molar-refractivity contribution in [1.29, 1.82) is 0 Å². The molecule has 1 aromatic carbocycles. The summed E-state index contributed by atoms with van der Waals surface area (Å²) < 4.78 is 7.00. The maximum Gasteiger partial charge on any atom is 0.0658 e. The highest BCUT2D eigenvalue weighted by Crippen LogP contribution is 2.06. The van der Waals surface area contributed by atoms with Crippen molar-refractivity contribution in [3.8, 4) is 0 Å². The Kier molecular flexibility index (Phi) is 9.55. The molecule has 2 N–H and O–H groups in total. The van der Waals surface area contributed by atoms with E-state index in [0.717, 1.165) is 32.6 Å². The van der Waals surface area contributed by atoms with Crippen LogP contribution in [0.1, 0.15) is 11.1 Å². The number of hydrogen-bond donors (Lipinski definition) is 1. The van der Waals surface area contributed by atoms with Crippen LogP contribution in [0, 0.1) is 0 Å². The maximum atomic E-state index is 5.74. The molecule has 0 aliphatic rings. The number of rotatable bonds is 10. The second-order valence-electron chi connectivity index (χ2n) is 5.40. The molecule has 2 aromatic rings. The molecule has 0 spiro atoms. The fraction of sp³-hybridized carbons (Fsp3) is 0.471. The Labute approximate surface area is 144 Å². The molecule has 1 heterocycles. The van der Waals surface area contributed by atoms with Crippen molar-refractivity contribution in [2.75, 3.05) is 33.4 Å². The van der Waals surface area contributed by atoms with Crippen LogP contribution in [0.3, 0.4) is 0 Å². The van der Waals surface area contributed by atoms with Gasteiger partial charge in [-0.3, -0.25) is 9.58 Å². The van der Waals surface area contributed by atoms with Gasteiger partial charge >= 0.3 is 0 Å². The van der Waals surface area contributed by atoms with Gasteiger partial charge in [-0.25, -0.2) is 0 Å². The number of methoxy groups -OCH3 is 1. The molecule has 0 saturated carbocycles. The first-order valence-electron chi connectivity index (χ1n) is 7.78. The van der Waals surface area contributed by atoms with Crippen LogP contribution in [0.15, 0.2) is 42.7 Å². The lowest BCUT2D eigenvalue weighted by molar-refractivity contribution is 0.183. The Morgan fingerprint density at radius 2 is 1.96 bits per heavy atom. The first-order valence-corrected chi connectivity index (χ1v) is 7.78. The second kappa shape index (κ2) is 11.2. The van der Waals surface area contributed by atoms with E-state index in [-0.39, 0.29) is 12.4 Å². The van der Waals surface area contributed by atoms with Crippen LogP contribution in [-0.4, -0.2) is 48.0 Å². The lowest BCUT2D eigenvalue weighted by Crippen LogP contribution is -2.30. The molecular formula is C17H27ClN4O. The average Bonchev–Trinajstić information content (AvgIpc) is 2.99. The minimum atomic E-state index is 0. The predicted octanol–water partition coefficient (Wildman–Crippen LogP) is 1.95. The molecule has 0 aliphatic heterocycles. The highest BCUT2D eigenvalue weighted by molar-refractivity contribution is 5.85. The molecule has 0 saturated heterocycles. The monoisotopic (exact) mass is 338 g/mol. The van der Waals surface area contributed by atoms with Crippen LogP contribution in [-0.2, 0) is 24.2 Å². The molecule has 128 valence electrons. The number of ether oxygens (including phenoxy) is 1. The van der Waals surface area contributed by atoms with E-state index in [4.69, 9.17) is 10.5 Å². The molecule has 0 amide bonds. The molecule has 0 unspecified atom stereocenters. The quantitative estimate of drug-likeness (QED) is 0.719. The van der Waals surface area contributed by atoms with Crippen molar-refractivity contribution in [2.45, 2.75) is 19.5 Å². The molecule has 0 bridgehead atoms. The summed E-state index contributed by atoms with van der Waals surface area (Å²) in [5.74, 6) is 0. The molecule has 1 aromatic heterocycles. The van der Waals surface area contributed by atoms with Gasteiger partial charge < -0.3 is 10.5 Å². The van der Waals surface area contributed by atoms with Gasteiger partial charge in [0.2, 0.25) is 0 Å². The van der Waals surface area contributed by atoms with Gasteiger partial charge in [0.1, 0.15) is 0 Å². The van der Waals surface area contributed by atoms with Crippen molar-refractivity contribution in [2.24, 2.45) is 5.73 Å².